The Labute approximate surface area is 106 Å². The second-order valence-corrected chi connectivity index (χ2v) is 9.58. The summed E-state index contributed by atoms with van der Waals surface area (Å²) < 4.78 is 0. The summed E-state index contributed by atoms with van der Waals surface area (Å²) in [4.78, 5) is 0. The van der Waals surface area contributed by atoms with Gasteiger partial charge < -0.3 is 0 Å². The number of rotatable bonds is 4. The molecule has 17 heavy (non-hydrogen) atoms. The van der Waals surface area contributed by atoms with E-state index in [1.54, 1.807) is 0 Å². The van der Waals surface area contributed by atoms with E-state index in [-0.39, 0.29) is 0 Å². The van der Waals surface area contributed by atoms with Crippen LogP contribution in [-0.4, -0.2) is 8.07 Å². The van der Waals surface area contributed by atoms with Crippen LogP contribution in [0, 0.1) is 0 Å². The van der Waals surface area contributed by atoms with Crippen LogP contribution in [-0.2, 0) is 0 Å². The van der Waals surface area contributed by atoms with Crippen molar-refractivity contribution in [3.8, 4) is 0 Å². The van der Waals surface area contributed by atoms with Crippen molar-refractivity contribution in [3.05, 3.63) is 60.0 Å². The van der Waals surface area contributed by atoms with Crippen LogP contribution < -0.4 is 5.19 Å². The highest BCUT2D eigenvalue weighted by molar-refractivity contribution is 7.01. The van der Waals surface area contributed by atoms with Gasteiger partial charge in [0.25, 0.3) is 0 Å². The van der Waals surface area contributed by atoms with Gasteiger partial charge in [-0.3, -0.25) is 0 Å². The molecular formula is C16H22Si. The summed E-state index contributed by atoms with van der Waals surface area (Å²) in [7, 11) is -1.76. The van der Waals surface area contributed by atoms with E-state index in [2.05, 4.69) is 64.4 Å². The van der Waals surface area contributed by atoms with Crippen molar-refractivity contribution >= 4 is 18.8 Å². The van der Waals surface area contributed by atoms with Crippen LogP contribution in [0.2, 0.25) is 6.55 Å². The van der Waals surface area contributed by atoms with Gasteiger partial charge in [-0.1, -0.05) is 58.5 Å². The van der Waals surface area contributed by atoms with Gasteiger partial charge in [-0.2, -0.15) is 0 Å². The fraction of sp³-hybridized carbons (Fsp3) is 0.250. The summed E-state index contributed by atoms with van der Waals surface area (Å²) in [6.07, 6.45) is 0. The predicted octanol–water partition coefficient (Wildman–Crippen LogP) is 4.24. The zero-order valence-electron chi connectivity index (χ0n) is 11.4. The molecule has 0 amide bonds. The standard InChI is InChI=1S/C16H22Si/c1-12(2)15-8-10-16(11-9-15)17(7,13(3)4)14(5)6/h8-11H,1,3,5H2,2,4,6-7H3. The molecule has 0 aliphatic rings. The molecule has 0 unspecified atom stereocenters. The first-order chi connectivity index (χ1) is 7.80. The topological polar surface area (TPSA) is 0 Å². The van der Waals surface area contributed by atoms with Crippen LogP contribution in [0.3, 0.4) is 0 Å². The first kappa shape index (κ1) is 13.7. The molecule has 1 heteroatoms. The third-order valence-electron chi connectivity index (χ3n) is 3.66. The summed E-state index contributed by atoms with van der Waals surface area (Å²) in [5, 5.41) is 3.89. The maximum atomic E-state index is 4.17. The van der Waals surface area contributed by atoms with Gasteiger partial charge in [0.2, 0.25) is 0 Å². The van der Waals surface area contributed by atoms with Crippen molar-refractivity contribution in [3.63, 3.8) is 0 Å². The molecule has 0 aromatic heterocycles. The Morgan fingerprint density at radius 2 is 1.29 bits per heavy atom. The molecule has 0 aliphatic carbocycles. The van der Waals surface area contributed by atoms with E-state index in [1.807, 2.05) is 6.92 Å². The van der Waals surface area contributed by atoms with Crippen LogP contribution in [0.4, 0.5) is 0 Å². The second kappa shape index (κ2) is 4.88. The van der Waals surface area contributed by atoms with Gasteiger partial charge in [-0.05, 0) is 26.3 Å². The molecule has 0 saturated carbocycles. The van der Waals surface area contributed by atoms with Gasteiger partial charge in [-0.15, -0.1) is 13.2 Å². The van der Waals surface area contributed by atoms with E-state index >= 15 is 0 Å². The molecule has 90 valence electrons. The van der Waals surface area contributed by atoms with Gasteiger partial charge in [0.15, 0.2) is 0 Å². The summed E-state index contributed by atoms with van der Waals surface area (Å²) in [5.74, 6) is 0. The molecule has 0 aliphatic heterocycles. The number of benzene rings is 1. The molecule has 0 fully saturated rings. The predicted molar refractivity (Wildman–Crippen MR) is 82.0 cm³/mol. The van der Waals surface area contributed by atoms with E-state index in [0.29, 0.717) is 0 Å². The number of allylic oxidation sites excluding steroid dienone is 3. The van der Waals surface area contributed by atoms with Crippen LogP contribution in [0.25, 0.3) is 5.57 Å². The smallest absolute Gasteiger partial charge is 0.103 e. The molecule has 1 aromatic rings. The normalized spacial score (nSPS) is 11.1. The average Bonchev–Trinajstić information content (AvgIpc) is 2.27. The zero-order chi connectivity index (χ0) is 13.2. The van der Waals surface area contributed by atoms with Crippen LogP contribution >= 0.6 is 0 Å². The molecule has 0 bridgehead atoms. The molecule has 0 saturated heterocycles. The third kappa shape index (κ3) is 2.50. The zero-order valence-corrected chi connectivity index (χ0v) is 12.4. The summed E-state index contributed by atoms with van der Waals surface area (Å²) in [5.41, 5.74) is 2.30. The fourth-order valence-electron chi connectivity index (χ4n) is 1.95. The van der Waals surface area contributed by atoms with Crippen LogP contribution in [0.15, 0.2) is 54.4 Å². The average molecular weight is 242 g/mol. The highest BCUT2D eigenvalue weighted by Gasteiger charge is 2.31. The Bertz CT molecular complexity index is 449. The lowest BCUT2D eigenvalue weighted by Crippen LogP contribution is -2.47. The lowest BCUT2D eigenvalue weighted by molar-refractivity contribution is 1.51. The van der Waals surface area contributed by atoms with Crippen LogP contribution in [0.1, 0.15) is 26.3 Å². The Morgan fingerprint density at radius 1 is 0.882 bits per heavy atom. The van der Waals surface area contributed by atoms with Crippen molar-refractivity contribution in [1.82, 2.24) is 0 Å². The first-order valence-corrected chi connectivity index (χ1v) is 8.38. The van der Waals surface area contributed by atoms with Gasteiger partial charge >= 0.3 is 0 Å². The molecule has 0 heterocycles. The van der Waals surface area contributed by atoms with Gasteiger partial charge in [0.05, 0.1) is 0 Å². The lowest BCUT2D eigenvalue weighted by atomic mass is 10.1. The van der Waals surface area contributed by atoms with E-state index in [9.17, 15) is 0 Å². The molecule has 0 nitrogen and oxygen atoms in total. The first-order valence-electron chi connectivity index (χ1n) is 5.88. The SMILES string of the molecule is C=C(C)c1ccc([Si](C)(C(=C)C)C(=C)C)cc1. The molecule has 0 radical (unpaired) electrons. The Kier molecular flexibility index (Phi) is 3.94. The minimum Gasteiger partial charge on any atom is -0.103 e. The Balaban J connectivity index is 3.27. The lowest BCUT2D eigenvalue weighted by Gasteiger charge is -2.29. The molecule has 1 rings (SSSR count). The maximum absolute atomic E-state index is 4.17. The monoisotopic (exact) mass is 242 g/mol. The molecule has 1 aromatic carbocycles. The Morgan fingerprint density at radius 3 is 1.59 bits per heavy atom. The highest BCUT2D eigenvalue weighted by atomic mass is 28.3. The molecule has 0 N–H and O–H groups in total. The highest BCUT2D eigenvalue weighted by Crippen LogP contribution is 2.21. The Hall–Kier alpha value is -1.34. The number of hydrogen-bond donors (Lipinski definition) is 0. The summed E-state index contributed by atoms with van der Waals surface area (Å²) in [6, 6.07) is 8.71. The van der Waals surface area contributed by atoms with Crippen molar-refractivity contribution < 1.29 is 0 Å². The van der Waals surface area contributed by atoms with E-state index in [1.165, 1.54) is 21.1 Å². The third-order valence-corrected chi connectivity index (χ3v) is 8.56. The van der Waals surface area contributed by atoms with E-state index in [4.69, 9.17) is 0 Å². The van der Waals surface area contributed by atoms with Crippen molar-refractivity contribution in [2.75, 3.05) is 0 Å². The number of hydrogen-bond acceptors (Lipinski definition) is 0. The van der Waals surface area contributed by atoms with Gasteiger partial charge in [-0.25, -0.2) is 0 Å². The largest absolute Gasteiger partial charge is 0.135 e. The van der Waals surface area contributed by atoms with Crippen LogP contribution in [0.5, 0.6) is 0 Å². The minimum absolute atomic E-state index is 1.10. The van der Waals surface area contributed by atoms with E-state index < -0.39 is 8.07 Å². The molecular weight excluding hydrogens is 220 g/mol. The van der Waals surface area contributed by atoms with Crippen molar-refractivity contribution in [1.29, 1.82) is 0 Å². The quantitative estimate of drug-likeness (QED) is 0.693. The van der Waals surface area contributed by atoms with Gasteiger partial charge in [0, 0.05) is 0 Å². The summed E-state index contributed by atoms with van der Waals surface area (Å²) >= 11 is 0. The van der Waals surface area contributed by atoms with Crippen molar-refractivity contribution in [2.45, 2.75) is 27.3 Å². The minimum atomic E-state index is -1.76. The fourth-order valence-corrected chi connectivity index (χ4v) is 4.49. The second-order valence-electron chi connectivity index (χ2n) is 5.04. The molecule has 0 atom stereocenters. The van der Waals surface area contributed by atoms with Gasteiger partial charge in [0.1, 0.15) is 8.07 Å². The molecule has 0 spiro atoms. The summed E-state index contributed by atoms with van der Waals surface area (Å²) in [6.45, 7) is 20.9. The van der Waals surface area contributed by atoms with E-state index in [0.717, 1.165) is 5.57 Å². The van der Waals surface area contributed by atoms with Crippen molar-refractivity contribution in [2.24, 2.45) is 0 Å². The maximum Gasteiger partial charge on any atom is 0.135 e.